The summed E-state index contributed by atoms with van der Waals surface area (Å²) in [4.78, 5) is 11.9. The fourth-order valence-corrected chi connectivity index (χ4v) is 2.76. The topological polar surface area (TPSA) is 51.2 Å². The predicted octanol–water partition coefficient (Wildman–Crippen LogP) is 4.00. The summed E-state index contributed by atoms with van der Waals surface area (Å²) in [5.41, 5.74) is 2.37. The molecular weight excluding hydrogens is 340 g/mol. The van der Waals surface area contributed by atoms with Crippen LogP contribution < -0.4 is 5.32 Å². The van der Waals surface area contributed by atoms with E-state index in [-0.39, 0.29) is 5.97 Å². The van der Waals surface area contributed by atoms with Gasteiger partial charge in [0.05, 0.1) is 12.3 Å². The summed E-state index contributed by atoms with van der Waals surface area (Å²) in [5, 5.41) is 4.00. The molecule has 0 amide bonds. The van der Waals surface area contributed by atoms with E-state index in [2.05, 4.69) is 25.6 Å². The van der Waals surface area contributed by atoms with E-state index in [1.807, 2.05) is 31.2 Å². The van der Waals surface area contributed by atoms with Crippen LogP contribution in [-0.4, -0.2) is 16.9 Å². The van der Waals surface area contributed by atoms with Crippen LogP contribution in [0.4, 0.5) is 5.00 Å². The van der Waals surface area contributed by atoms with Gasteiger partial charge in [-0.25, -0.2) is 4.79 Å². The summed E-state index contributed by atoms with van der Waals surface area (Å²) < 4.78 is 10.3. The number of aryl methyl sites for hydroxylation is 1. The van der Waals surface area contributed by atoms with E-state index in [9.17, 15) is 4.79 Å². The van der Waals surface area contributed by atoms with Gasteiger partial charge >= 0.3 is 5.97 Å². The van der Waals surface area contributed by atoms with Gasteiger partial charge in [-0.15, -0.1) is 0 Å². The summed E-state index contributed by atoms with van der Waals surface area (Å²) >= 11 is 4.68. The highest BCUT2D eigenvalue weighted by molar-refractivity contribution is 9.10. The van der Waals surface area contributed by atoms with Gasteiger partial charge in [0.25, 0.3) is 0 Å². The SMILES string of the molecule is CCOC(=O)c1c(C)nsc1NCc1ccc(Br)cc1. The molecule has 0 saturated carbocycles. The number of esters is 1. The largest absolute Gasteiger partial charge is 0.462 e. The number of aromatic nitrogens is 1. The lowest BCUT2D eigenvalue weighted by atomic mass is 10.2. The van der Waals surface area contributed by atoms with Crippen LogP contribution in [0.25, 0.3) is 0 Å². The number of hydrogen-bond acceptors (Lipinski definition) is 5. The smallest absolute Gasteiger partial charge is 0.343 e. The van der Waals surface area contributed by atoms with Crippen LogP contribution in [0.1, 0.15) is 28.5 Å². The fraction of sp³-hybridized carbons (Fsp3) is 0.286. The van der Waals surface area contributed by atoms with Gasteiger partial charge in [-0.2, -0.15) is 4.37 Å². The first-order valence-corrected chi connectivity index (χ1v) is 7.80. The molecule has 4 nitrogen and oxygen atoms in total. The Morgan fingerprint density at radius 2 is 2.10 bits per heavy atom. The first kappa shape index (κ1) is 15.0. The van der Waals surface area contributed by atoms with Crippen molar-refractivity contribution in [3.05, 3.63) is 45.6 Å². The molecule has 0 atom stereocenters. The molecule has 0 aliphatic heterocycles. The second kappa shape index (κ2) is 6.85. The van der Waals surface area contributed by atoms with E-state index in [0.717, 1.165) is 15.0 Å². The number of nitrogens with one attached hydrogen (secondary N) is 1. The van der Waals surface area contributed by atoms with Gasteiger partial charge in [0, 0.05) is 11.0 Å². The van der Waals surface area contributed by atoms with Crippen molar-refractivity contribution in [2.45, 2.75) is 20.4 Å². The second-order valence-corrected chi connectivity index (χ2v) is 5.86. The number of halogens is 1. The fourth-order valence-electron chi connectivity index (χ4n) is 1.72. The Bertz CT molecular complexity index is 596. The number of ether oxygens (including phenoxy) is 1. The molecule has 0 fully saturated rings. The molecular formula is C14H15BrN2O2S. The summed E-state index contributed by atoms with van der Waals surface area (Å²) in [6.45, 7) is 4.61. The zero-order valence-electron chi connectivity index (χ0n) is 11.3. The molecule has 0 spiro atoms. The van der Waals surface area contributed by atoms with Crippen molar-refractivity contribution >= 4 is 38.4 Å². The minimum absolute atomic E-state index is 0.322. The molecule has 6 heteroatoms. The van der Waals surface area contributed by atoms with Gasteiger partial charge in [0.2, 0.25) is 0 Å². The van der Waals surface area contributed by atoms with Crippen LogP contribution in [0, 0.1) is 6.92 Å². The molecule has 1 aromatic carbocycles. The molecule has 0 saturated heterocycles. The lowest BCUT2D eigenvalue weighted by molar-refractivity contribution is 0.0527. The van der Waals surface area contributed by atoms with Crippen molar-refractivity contribution in [3.63, 3.8) is 0 Å². The number of carbonyl (C=O) groups is 1. The van der Waals surface area contributed by atoms with Crippen molar-refractivity contribution in [1.82, 2.24) is 4.37 Å². The molecule has 0 aliphatic rings. The minimum atomic E-state index is -0.322. The van der Waals surface area contributed by atoms with E-state index >= 15 is 0 Å². The van der Waals surface area contributed by atoms with E-state index < -0.39 is 0 Å². The third-order valence-corrected chi connectivity index (χ3v) is 4.13. The van der Waals surface area contributed by atoms with Crippen LogP contribution in [0.15, 0.2) is 28.7 Å². The lowest BCUT2D eigenvalue weighted by Gasteiger charge is -2.07. The molecule has 2 rings (SSSR count). The van der Waals surface area contributed by atoms with Crippen LogP contribution in [0.5, 0.6) is 0 Å². The zero-order chi connectivity index (χ0) is 14.5. The van der Waals surface area contributed by atoms with Gasteiger partial charge in [-0.1, -0.05) is 28.1 Å². The van der Waals surface area contributed by atoms with Gasteiger partial charge in [0.1, 0.15) is 10.6 Å². The summed E-state index contributed by atoms with van der Waals surface area (Å²) in [7, 11) is 0. The third-order valence-electron chi connectivity index (χ3n) is 2.71. The molecule has 1 N–H and O–H groups in total. The summed E-state index contributed by atoms with van der Waals surface area (Å²) in [6.07, 6.45) is 0. The van der Waals surface area contributed by atoms with Crippen molar-refractivity contribution in [3.8, 4) is 0 Å². The molecule has 106 valence electrons. The van der Waals surface area contributed by atoms with E-state index in [0.29, 0.717) is 24.4 Å². The van der Waals surface area contributed by atoms with Crippen LogP contribution in [0.2, 0.25) is 0 Å². The molecule has 0 aliphatic carbocycles. The average molecular weight is 355 g/mol. The van der Waals surface area contributed by atoms with E-state index in [1.54, 1.807) is 6.92 Å². The molecule has 0 radical (unpaired) electrons. The van der Waals surface area contributed by atoms with Crippen molar-refractivity contribution in [2.24, 2.45) is 0 Å². The Hall–Kier alpha value is -1.40. The zero-order valence-corrected chi connectivity index (χ0v) is 13.7. The normalized spacial score (nSPS) is 10.3. The van der Waals surface area contributed by atoms with Gasteiger partial charge < -0.3 is 10.1 Å². The molecule has 0 bridgehead atoms. The highest BCUT2D eigenvalue weighted by Crippen LogP contribution is 2.26. The van der Waals surface area contributed by atoms with Crippen molar-refractivity contribution in [2.75, 3.05) is 11.9 Å². The first-order valence-electron chi connectivity index (χ1n) is 6.23. The van der Waals surface area contributed by atoms with Gasteiger partial charge in [0.15, 0.2) is 0 Å². The third kappa shape index (κ3) is 3.58. The average Bonchev–Trinajstić information content (AvgIpc) is 2.79. The minimum Gasteiger partial charge on any atom is -0.462 e. The lowest BCUT2D eigenvalue weighted by Crippen LogP contribution is -2.09. The number of hydrogen-bond donors (Lipinski definition) is 1. The molecule has 2 aromatic rings. The Labute approximate surface area is 130 Å². The summed E-state index contributed by atoms with van der Waals surface area (Å²) in [6, 6.07) is 8.02. The van der Waals surface area contributed by atoms with Crippen LogP contribution in [-0.2, 0) is 11.3 Å². The van der Waals surface area contributed by atoms with Gasteiger partial charge in [-0.05, 0) is 43.1 Å². The van der Waals surface area contributed by atoms with Gasteiger partial charge in [-0.3, -0.25) is 0 Å². The van der Waals surface area contributed by atoms with Crippen molar-refractivity contribution in [1.29, 1.82) is 0 Å². The quantitative estimate of drug-likeness (QED) is 0.824. The molecule has 1 heterocycles. The number of nitrogens with zero attached hydrogens (tertiary/aromatic N) is 1. The standard InChI is InChI=1S/C14H15BrN2O2S/c1-3-19-14(18)12-9(2)17-20-13(12)16-8-10-4-6-11(15)7-5-10/h4-7,16H,3,8H2,1-2H3. The highest BCUT2D eigenvalue weighted by atomic mass is 79.9. The first-order chi connectivity index (χ1) is 9.61. The number of rotatable bonds is 5. The monoisotopic (exact) mass is 354 g/mol. The Balaban J connectivity index is 2.10. The van der Waals surface area contributed by atoms with Crippen LogP contribution >= 0.6 is 27.5 Å². The molecule has 1 aromatic heterocycles. The molecule has 20 heavy (non-hydrogen) atoms. The maximum atomic E-state index is 11.9. The summed E-state index contributed by atoms with van der Waals surface area (Å²) in [5.74, 6) is -0.322. The Kier molecular flexibility index (Phi) is 5.14. The Morgan fingerprint density at radius 1 is 1.40 bits per heavy atom. The Morgan fingerprint density at radius 3 is 2.75 bits per heavy atom. The number of benzene rings is 1. The van der Waals surface area contributed by atoms with Crippen molar-refractivity contribution < 1.29 is 9.53 Å². The highest BCUT2D eigenvalue weighted by Gasteiger charge is 2.19. The number of carbonyl (C=O) groups excluding carboxylic acids is 1. The molecule has 0 unspecified atom stereocenters. The van der Waals surface area contributed by atoms with E-state index in [4.69, 9.17) is 4.74 Å². The maximum Gasteiger partial charge on any atom is 0.343 e. The number of anilines is 1. The predicted molar refractivity (Wildman–Crippen MR) is 84.3 cm³/mol. The second-order valence-electron chi connectivity index (χ2n) is 4.17. The maximum absolute atomic E-state index is 11.9. The van der Waals surface area contributed by atoms with E-state index in [1.165, 1.54) is 11.5 Å². The van der Waals surface area contributed by atoms with Crippen LogP contribution in [0.3, 0.4) is 0 Å².